The molecule has 0 radical (unpaired) electrons. The second kappa shape index (κ2) is 8.65. The summed E-state index contributed by atoms with van der Waals surface area (Å²) < 4.78 is 5.02. The van der Waals surface area contributed by atoms with E-state index in [0.717, 1.165) is 36.5 Å². The minimum absolute atomic E-state index is 0.00439. The van der Waals surface area contributed by atoms with Crippen molar-refractivity contribution in [3.05, 3.63) is 33.6 Å². The second-order valence-electron chi connectivity index (χ2n) is 7.29. The summed E-state index contributed by atoms with van der Waals surface area (Å²) in [6.07, 6.45) is 2.70. The number of carbonyl (C=O) groups is 2. The largest absolute Gasteiger partial charge is 0.361 e. The number of hydrogen-bond donors (Lipinski definition) is 1. The van der Waals surface area contributed by atoms with E-state index in [0.29, 0.717) is 24.5 Å². The average molecular weight is 391 g/mol. The van der Waals surface area contributed by atoms with Crippen molar-refractivity contribution < 1.29 is 14.1 Å². The van der Waals surface area contributed by atoms with Gasteiger partial charge < -0.3 is 14.7 Å². The van der Waals surface area contributed by atoms with Crippen LogP contribution in [-0.4, -0.2) is 46.5 Å². The van der Waals surface area contributed by atoms with Gasteiger partial charge >= 0.3 is 0 Å². The summed E-state index contributed by atoms with van der Waals surface area (Å²) in [5.41, 5.74) is 1.36. The highest BCUT2D eigenvalue weighted by atomic mass is 32.1. The van der Waals surface area contributed by atoms with Crippen LogP contribution in [0.2, 0.25) is 0 Å². The first-order valence-corrected chi connectivity index (χ1v) is 10.3. The third-order valence-electron chi connectivity index (χ3n) is 4.68. The Labute approximate surface area is 163 Å². The Hall–Kier alpha value is -2.22. The van der Waals surface area contributed by atoms with Crippen LogP contribution < -0.4 is 5.32 Å². The molecule has 0 spiro atoms. The monoisotopic (exact) mass is 390 g/mol. The lowest BCUT2D eigenvalue weighted by Gasteiger charge is -2.31. The summed E-state index contributed by atoms with van der Waals surface area (Å²) >= 11 is 1.64. The number of aryl methyl sites for hydroxylation is 1. The summed E-state index contributed by atoms with van der Waals surface area (Å²) in [6, 6.07) is 1.68. The molecule has 0 saturated carbocycles. The number of hydrogen-bond acceptors (Lipinski definition) is 6. The zero-order valence-electron chi connectivity index (χ0n) is 16.0. The fourth-order valence-corrected chi connectivity index (χ4v) is 4.12. The molecule has 1 aliphatic heterocycles. The fourth-order valence-electron chi connectivity index (χ4n) is 3.14. The summed E-state index contributed by atoms with van der Waals surface area (Å²) in [5.74, 6) is 0.871. The molecule has 0 unspecified atom stereocenters. The van der Waals surface area contributed by atoms with Crippen LogP contribution in [0, 0.1) is 12.8 Å². The highest BCUT2D eigenvalue weighted by Crippen LogP contribution is 2.30. The van der Waals surface area contributed by atoms with Gasteiger partial charge in [0.2, 0.25) is 5.91 Å². The molecule has 3 heterocycles. The molecular formula is C19H26N4O3S. The molecule has 146 valence electrons. The molecule has 27 heavy (non-hydrogen) atoms. The lowest BCUT2D eigenvalue weighted by Crippen LogP contribution is -2.39. The molecule has 0 aromatic carbocycles. The van der Waals surface area contributed by atoms with Gasteiger partial charge in [-0.3, -0.25) is 9.59 Å². The zero-order valence-corrected chi connectivity index (χ0v) is 16.8. The van der Waals surface area contributed by atoms with E-state index in [1.54, 1.807) is 24.3 Å². The Kier molecular flexibility index (Phi) is 6.26. The number of amides is 2. The van der Waals surface area contributed by atoms with Gasteiger partial charge in [0.15, 0.2) is 5.69 Å². The van der Waals surface area contributed by atoms with E-state index in [1.165, 1.54) is 0 Å². The van der Waals surface area contributed by atoms with E-state index in [2.05, 4.69) is 15.9 Å². The quantitative estimate of drug-likeness (QED) is 0.819. The standard InChI is InChI=1S/C19H26N4O3S/c1-12(2)17(24)20-7-6-15-11-27-18(21-15)14-5-4-8-23(10-14)19(25)16-9-13(3)26-22-16/h9,11-12,14H,4-8,10H2,1-3H3,(H,20,24)/t14-/m1/s1. The number of thiazole rings is 1. The number of likely N-dealkylation sites (tertiary alicyclic amines) is 1. The first-order chi connectivity index (χ1) is 12.9. The Morgan fingerprint density at radius 1 is 1.44 bits per heavy atom. The molecule has 3 rings (SSSR count). The predicted octanol–water partition coefficient (Wildman–Crippen LogP) is 2.77. The van der Waals surface area contributed by atoms with E-state index < -0.39 is 0 Å². The second-order valence-corrected chi connectivity index (χ2v) is 8.18. The number of nitrogens with one attached hydrogen (secondary N) is 1. The minimum Gasteiger partial charge on any atom is -0.361 e. The first-order valence-electron chi connectivity index (χ1n) is 9.38. The van der Waals surface area contributed by atoms with Gasteiger partial charge in [-0.1, -0.05) is 19.0 Å². The highest BCUT2D eigenvalue weighted by Gasteiger charge is 2.28. The molecule has 0 aliphatic carbocycles. The molecule has 2 aromatic heterocycles. The van der Waals surface area contributed by atoms with Crippen LogP contribution in [0.15, 0.2) is 16.0 Å². The highest BCUT2D eigenvalue weighted by molar-refractivity contribution is 7.09. The Balaban J connectivity index is 1.56. The maximum absolute atomic E-state index is 12.6. The summed E-state index contributed by atoms with van der Waals surface area (Å²) in [7, 11) is 0. The van der Waals surface area contributed by atoms with Crippen LogP contribution in [0.5, 0.6) is 0 Å². The molecule has 1 saturated heterocycles. The third kappa shape index (κ3) is 4.94. The molecular weight excluding hydrogens is 364 g/mol. The molecule has 1 fully saturated rings. The predicted molar refractivity (Wildman–Crippen MR) is 103 cm³/mol. The number of piperidine rings is 1. The Bertz CT molecular complexity index is 798. The number of carbonyl (C=O) groups excluding carboxylic acids is 2. The van der Waals surface area contributed by atoms with Crippen LogP contribution in [0.4, 0.5) is 0 Å². The van der Waals surface area contributed by atoms with Crippen molar-refractivity contribution in [2.75, 3.05) is 19.6 Å². The molecule has 1 atom stereocenters. The van der Waals surface area contributed by atoms with Crippen molar-refractivity contribution in [1.29, 1.82) is 0 Å². The van der Waals surface area contributed by atoms with Crippen molar-refractivity contribution in [1.82, 2.24) is 20.4 Å². The van der Waals surface area contributed by atoms with Gasteiger partial charge in [0, 0.05) is 49.3 Å². The van der Waals surface area contributed by atoms with Crippen molar-refractivity contribution >= 4 is 23.2 Å². The third-order valence-corrected chi connectivity index (χ3v) is 5.74. The summed E-state index contributed by atoms with van der Waals surface area (Å²) in [5, 5.41) is 9.88. The number of aromatic nitrogens is 2. The molecule has 2 amide bonds. The van der Waals surface area contributed by atoms with Gasteiger partial charge in [0.25, 0.3) is 5.91 Å². The molecule has 8 heteroatoms. The van der Waals surface area contributed by atoms with Crippen LogP contribution in [0.1, 0.15) is 59.6 Å². The van der Waals surface area contributed by atoms with Crippen LogP contribution in [0.25, 0.3) is 0 Å². The van der Waals surface area contributed by atoms with Crippen molar-refractivity contribution in [3.8, 4) is 0 Å². The maximum atomic E-state index is 12.6. The fraction of sp³-hybridized carbons (Fsp3) is 0.579. The van der Waals surface area contributed by atoms with Gasteiger partial charge in [-0.15, -0.1) is 11.3 Å². The molecule has 7 nitrogen and oxygen atoms in total. The minimum atomic E-state index is -0.0790. The lowest BCUT2D eigenvalue weighted by atomic mass is 9.98. The molecule has 2 aromatic rings. The lowest BCUT2D eigenvalue weighted by molar-refractivity contribution is -0.123. The van der Waals surface area contributed by atoms with E-state index in [9.17, 15) is 9.59 Å². The van der Waals surface area contributed by atoms with Gasteiger partial charge in [-0.25, -0.2) is 4.98 Å². The van der Waals surface area contributed by atoms with E-state index in [1.807, 2.05) is 18.7 Å². The SMILES string of the molecule is Cc1cc(C(=O)N2CCC[C@@H](c3nc(CCNC(=O)C(C)C)cs3)C2)no1. The van der Waals surface area contributed by atoms with Gasteiger partial charge in [-0.2, -0.15) is 0 Å². The van der Waals surface area contributed by atoms with Crippen LogP contribution in [-0.2, 0) is 11.2 Å². The average Bonchev–Trinajstić information content (AvgIpc) is 3.30. The van der Waals surface area contributed by atoms with Crippen LogP contribution in [0.3, 0.4) is 0 Å². The maximum Gasteiger partial charge on any atom is 0.276 e. The van der Waals surface area contributed by atoms with Crippen molar-refractivity contribution in [3.63, 3.8) is 0 Å². The van der Waals surface area contributed by atoms with Crippen molar-refractivity contribution in [2.45, 2.75) is 46.0 Å². The summed E-state index contributed by atoms with van der Waals surface area (Å²) in [4.78, 5) is 30.8. The van der Waals surface area contributed by atoms with Gasteiger partial charge in [0.1, 0.15) is 5.76 Å². The van der Waals surface area contributed by atoms with Gasteiger partial charge in [-0.05, 0) is 19.8 Å². The van der Waals surface area contributed by atoms with Crippen molar-refractivity contribution in [2.24, 2.45) is 5.92 Å². The molecule has 1 aliphatic rings. The topological polar surface area (TPSA) is 88.3 Å². The number of rotatable bonds is 6. The Morgan fingerprint density at radius 2 is 2.26 bits per heavy atom. The Morgan fingerprint density at radius 3 is 2.96 bits per heavy atom. The summed E-state index contributed by atoms with van der Waals surface area (Å²) in [6.45, 7) is 7.53. The smallest absolute Gasteiger partial charge is 0.276 e. The van der Waals surface area contributed by atoms with E-state index in [-0.39, 0.29) is 23.7 Å². The van der Waals surface area contributed by atoms with Gasteiger partial charge in [0.05, 0.1) is 10.7 Å². The zero-order chi connectivity index (χ0) is 19.4. The van der Waals surface area contributed by atoms with Crippen LogP contribution >= 0.6 is 11.3 Å². The first kappa shape index (κ1) is 19.5. The molecule has 0 bridgehead atoms. The number of nitrogens with zero attached hydrogens (tertiary/aromatic N) is 3. The van der Waals surface area contributed by atoms with E-state index in [4.69, 9.17) is 9.51 Å². The molecule has 1 N–H and O–H groups in total. The normalized spacial score (nSPS) is 17.3. The van der Waals surface area contributed by atoms with E-state index >= 15 is 0 Å².